The molecule has 5 heteroatoms. The van der Waals surface area contributed by atoms with E-state index < -0.39 is 5.97 Å². The van der Waals surface area contributed by atoms with Crippen LogP contribution < -0.4 is 14.8 Å². The van der Waals surface area contributed by atoms with Crippen LogP contribution in [0.15, 0.2) is 18.2 Å². The van der Waals surface area contributed by atoms with Crippen molar-refractivity contribution in [1.82, 2.24) is 5.32 Å². The SMILES string of the molecule is CCOc1cc(CNCCC(=O)O)ccc1OC(C)C. The summed E-state index contributed by atoms with van der Waals surface area (Å²) >= 11 is 0. The number of nitrogens with one attached hydrogen (secondary N) is 1. The molecule has 0 heterocycles. The second-order valence-corrected chi connectivity index (χ2v) is 4.70. The molecule has 112 valence electrons. The number of ether oxygens (including phenoxy) is 2. The molecular weight excluding hydrogens is 258 g/mol. The smallest absolute Gasteiger partial charge is 0.304 e. The summed E-state index contributed by atoms with van der Waals surface area (Å²) in [6.45, 7) is 7.49. The molecule has 1 rings (SSSR count). The van der Waals surface area contributed by atoms with Crippen molar-refractivity contribution < 1.29 is 19.4 Å². The van der Waals surface area contributed by atoms with Gasteiger partial charge >= 0.3 is 5.97 Å². The number of hydrogen-bond acceptors (Lipinski definition) is 4. The highest BCUT2D eigenvalue weighted by Gasteiger charge is 2.08. The van der Waals surface area contributed by atoms with Crippen LogP contribution in [0.1, 0.15) is 32.8 Å². The Hall–Kier alpha value is -1.75. The van der Waals surface area contributed by atoms with Crippen LogP contribution in [0.3, 0.4) is 0 Å². The fraction of sp³-hybridized carbons (Fsp3) is 0.533. The molecule has 0 fully saturated rings. The number of hydrogen-bond donors (Lipinski definition) is 2. The summed E-state index contributed by atoms with van der Waals surface area (Å²) in [7, 11) is 0. The molecule has 1 aromatic rings. The van der Waals surface area contributed by atoms with Crippen LogP contribution in [0.4, 0.5) is 0 Å². The number of carboxylic acid groups (broad SMARTS) is 1. The molecule has 0 radical (unpaired) electrons. The summed E-state index contributed by atoms with van der Waals surface area (Å²) in [4.78, 5) is 10.4. The lowest BCUT2D eigenvalue weighted by molar-refractivity contribution is -0.136. The van der Waals surface area contributed by atoms with Gasteiger partial charge in [-0.25, -0.2) is 0 Å². The van der Waals surface area contributed by atoms with Crippen molar-refractivity contribution in [2.24, 2.45) is 0 Å². The predicted molar refractivity (Wildman–Crippen MR) is 77.3 cm³/mol. The Morgan fingerprint density at radius 3 is 2.70 bits per heavy atom. The molecule has 2 N–H and O–H groups in total. The zero-order valence-corrected chi connectivity index (χ0v) is 12.3. The van der Waals surface area contributed by atoms with Crippen LogP contribution in [0, 0.1) is 0 Å². The van der Waals surface area contributed by atoms with Gasteiger partial charge in [0.1, 0.15) is 0 Å². The fourth-order valence-electron chi connectivity index (χ4n) is 1.71. The molecule has 0 amide bonds. The summed E-state index contributed by atoms with van der Waals surface area (Å²) in [5.74, 6) is 0.656. The van der Waals surface area contributed by atoms with Crippen LogP contribution in [0.5, 0.6) is 11.5 Å². The highest BCUT2D eigenvalue weighted by molar-refractivity contribution is 5.66. The molecule has 1 aromatic carbocycles. The third kappa shape index (κ3) is 5.93. The summed E-state index contributed by atoms with van der Waals surface area (Å²) in [6, 6.07) is 5.77. The summed E-state index contributed by atoms with van der Waals surface area (Å²) < 4.78 is 11.3. The van der Waals surface area contributed by atoms with E-state index >= 15 is 0 Å². The quantitative estimate of drug-likeness (QED) is 0.680. The van der Waals surface area contributed by atoms with E-state index in [2.05, 4.69) is 5.32 Å². The van der Waals surface area contributed by atoms with E-state index in [1.807, 2.05) is 39.0 Å². The molecule has 0 saturated heterocycles. The Morgan fingerprint density at radius 1 is 1.35 bits per heavy atom. The highest BCUT2D eigenvalue weighted by atomic mass is 16.5. The molecule has 0 aromatic heterocycles. The summed E-state index contributed by atoms with van der Waals surface area (Å²) in [5.41, 5.74) is 1.04. The van der Waals surface area contributed by atoms with Crippen LogP contribution in [-0.4, -0.2) is 30.3 Å². The van der Waals surface area contributed by atoms with Crippen molar-refractivity contribution in [3.05, 3.63) is 23.8 Å². The van der Waals surface area contributed by atoms with Gasteiger partial charge in [0.15, 0.2) is 11.5 Å². The lowest BCUT2D eigenvalue weighted by Crippen LogP contribution is -2.17. The Bertz CT molecular complexity index is 432. The average molecular weight is 281 g/mol. The Kier molecular flexibility index (Phi) is 6.87. The topological polar surface area (TPSA) is 67.8 Å². The van der Waals surface area contributed by atoms with Crippen molar-refractivity contribution in [3.63, 3.8) is 0 Å². The predicted octanol–water partition coefficient (Wildman–Crippen LogP) is 2.44. The lowest BCUT2D eigenvalue weighted by Gasteiger charge is -2.15. The number of benzene rings is 1. The molecule has 0 aliphatic carbocycles. The number of carboxylic acids is 1. The molecular formula is C15H23NO4. The van der Waals surface area contributed by atoms with Crippen molar-refractivity contribution in [1.29, 1.82) is 0 Å². The first-order valence-electron chi connectivity index (χ1n) is 6.87. The van der Waals surface area contributed by atoms with Crippen molar-refractivity contribution in [3.8, 4) is 11.5 Å². The van der Waals surface area contributed by atoms with Crippen molar-refractivity contribution in [2.75, 3.05) is 13.2 Å². The standard InChI is InChI=1S/C15H23NO4/c1-4-19-14-9-12(10-16-8-7-15(17)18)5-6-13(14)20-11(2)3/h5-6,9,11,16H,4,7-8,10H2,1-3H3,(H,17,18). The Balaban J connectivity index is 2.64. The van der Waals surface area contributed by atoms with E-state index in [1.165, 1.54) is 0 Å². The molecule has 0 saturated carbocycles. The van der Waals surface area contributed by atoms with Crippen LogP contribution >= 0.6 is 0 Å². The molecule has 0 aliphatic heterocycles. The summed E-state index contributed by atoms with van der Waals surface area (Å²) in [5, 5.41) is 11.7. The molecule has 5 nitrogen and oxygen atoms in total. The number of rotatable bonds is 9. The average Bonchev–Trinajstić information content (AvgIpc) is 2.37. The van der Waals surface area contributed by atoms with E-state index in [4.69, 9.17) is 14.6 Å². The number of carbonyl (C=O) groups is 1. The third-order valence-corrected chi connectivity index (χ3v) is 2.52. The van der Waals surface area contributed by atoms with Gasteiger partial charge in [0.05, 0.1) is 19.1 Å². The molecule has 0 unspecified atom stereocenters. The minimum Gasteiger partial charge on any atom is -0.490 e. The second-order valence-electron chi connectivity index (χ2n) is 4.70. The maximum absolute atomic E-state index is 10.4. The van der Waals surface area contributed by atoms with Crippen LogP contribution in [0.25, 0.3) is 0 Å². The van der Waals surface area contributed by atoms with Gasteiger partial charge < -0.3 is 19.9 Å². The monoisotopic (exact) mass is 281 g/mol. The summed E-state index contributed by atoms with van der Waals surface area (Å²) in [6.07, 6.45) is 0.209. The van der Waals surface area contributed by atoms with Gasteiger partial charge in [-0.3, -0.25) is 4.79 Å². The molecule has 0 bridgehead atoms. The van der Waals surface area contributed by atoms with Crippen molar-refractivity contribution >= 4 is 5.97 Å². The highest BCUT2D eigenvalue weighted by Crippen LogP contribution is 2.29. The zero-order valence-electron chi connectivity index (χ0n) is 12.3. The van der Waals surface area contributed by atoms with E-state index in [0.717, 1.165) is 17.1 Å². The first-order valence-corrected chi connectivity index (χ1v) is 6.87. The van der Waals surface area contributed by atoms with E-state index in [1.54, 1.807) is 0 Å². The Labute approximate surface area is 119 Å². The first-order chi connectivity index (χ1) is 9.52. The molecule has 0 spiro atoms. The van der Waals surface area contributed by atoms with Gasteiger partial charge in [-0.05, 0) is 38.5 Å². The largest absolute Gasteiger partial charge is 0.490 e. The van der Waals surface area contributed by atoms with E-state index in [0.29, 0.717) is 19.7 Å². The van der Waals surface area contributed by atoms with E-state index in [-0.39, 0.29) is 12.5 Å². The van der Waals surface area contributed by atoms with Gasteiger partial charge in [0.25, 0.3) is 0 Å². The van der Waals surface area contributed by atoms with Crippen LogP contribution in [-0.2, 0) is 11.3 Å². The second kappa shape index (κ2) is 8.43. The first kappa shape index (κ1) is 16.3. The molecule has 20 heavy (non-hydrogen) atoms. The Morgan fingerprint density at radius 2 is 2.10 bits per heavy atom. The van der Waals surface area contributed by atoms with Gasteiger partial charge in [-0.15, -0.1) is 0 Å². The molecule has 0 atom stereocenters. The normalized spacial score (nSPS) is 10.6. The minimum absolute atomic E-state index is 0.0914. The minimum atomic E-state index is -0.798. The van der Waals surface area contributed by atoms with E-state index in [9.17, 15) is 4.79 Å². The van der Waals surface area contributed by atoms with Gasteiger partial charge in [-0.2, -0.15) is 0 Å². The van der Waals surface area contributed by atoms with Crippen molar-refractivity contribution in [2.45, 2.75) is 39.8 Å². The maximum Gasteiger partial charge on any atom is 0.304 e. The zero-order chi connectivity index (χ0) is 15.0. The van der Waals surface area contributed by atoms with Gasteiger partial charge in [0, 0.05) is 13.1 Å². The fourth-order valence-corrected chi connectivity index (χ4v) is 1.71. The van der Waals surface area contributed by atoms with Crippen LogP contribution in [0.2, 0.25) is 0 Å². The van der Waals surface area contributed by atoms with Gasteiger partial charge in [-0.1, -0.05) is 6.07 Å². The van der Waals surface area contributed by atoms with Gasteiger partial charge in [0.2, 0.25) is 0 Å². The third-order valence-electron chi connectivity index (χ3n) is 2.52. The lowest BCUT2D eigenvalue weighted by atomic mass is 10.2. The maximum atomic E-state index is 10.4. The molecule has 0 aliphatic rings. The number of aliphatic carboxylic acids is 1.